The zero-order valence-electron chi connectivity index (χ0n) is 15.0. The van der Waals surface area contributed by atoms with Gasteiger partial charge in [-0.05, 0) is 54.9 Å². The highest BCUT2D eigenvalue weighted by Crippen LogP contribution is 2.23. The number of benzene rings is 1. The predicted molar refractivity (Wildman–Crippen MR) is 98.8 cm³/mol. The van der Waals surface area contributed by atoms with E-state index in [1.807, 2.05) is 6.07 Å². The Labute approximate surface area is 154 Å². The smallest absolute Gasteiger partial charge is 0.224 e. The zero-order valence-corrected chi connectivity index (χ0v) is 15.0. The molecule has 0 spiro atoms. The van der Waals surface area contributed by atoms with Crippen molar-refractivity contribution in [3.8, 4) is 0 Å². The molecule has 4 rings (SSSR count). The molecule has 2 aliphatic rings. The number of carbonyl (C=O) groups is 1. The van der Waals surface area contributed by atoms with Gasteiger partial charge in [-0.25, -0.2) is 9.97 Å². The Morgan fingerprint density at radius 3 is 3.00 bits per heavy atom. The summed E-state index contributed by atoms with van der Waals surface area (Å²) in [5, 5.41) is 2.98. The Balaban J connectivity index is 1.32. The predicted octanol–water partition coefficient (Wildman–Crippen LogP) is 2.72. The summed E-state index contributed by atoms with van der Waals surface area (Å²) in [6, 6.07) is 8.31. The van der Waals surface area contributed by atoms with Crippen LogP contribution in [0.1, 0.15) is 53.4 Å². The van der Waals surface area contributed by atoms with Crippen LogP contribution < -0.4 is 5.32 Å². The maximum atomic E-state index is 12.3. The van der Waals surface area contributed by atoms with Gasteiger partial charge in [0.25, 0.3) is 0 Å². The highest BCUT2D eigenvalue weighted by atomic mass is 16.5. The molecule has 1 fully saturated rings. The maximum absolute atomic E-state index is 12.3. The van der Waals surface area contributed by atoms with Crippen LogP contribution >= 0.6 is 0 Å². The summed E-state index contributed by atoms with van der Waals surface area (Å²) >= 11 is 0. The second kappa shape index (κ2) is 7.96. The lowest BCUT2D eigenvalue weighted by Gasteiger charge is -2.20. The van der Waals surface area contributed by atoms with Crippen LogP contribution in [0, 0.1) is 0 Å². The van der Waals surface area contributed by atoms with Gasteiger partial charge in [0, 0.05) is 18.7 Å². The number of nitrogens with one attached hydrogen (secondary N) is 1. The second-order valence-electron chi connectivity index (χ2n) is 7.23. The van der Waals surface area contributed by atoms with E-state index in [2.05, 4.69) is 33.5 Å². The number of hydrogen-bond acceptors (Lipinski definition) is 4. The Bertz CT molecular complexity index is 785. The fourth-order valence-corrected chi connectivity index (χ4v) is 3.82. The standard InChI is InChI=1S/C21H25N3O2/c25-20(12-15-6-7-16-3-1-4-17(16)11-15)23-13-19-8-9-22-21(24-19)18-5-2-10-26-14-18/h6-9,11,18H,1-5,10,12-14H2,(H,23,25). The third kappa shape index (κ3) is 4.10. The first-order valence-corrected chi connectivity index (χ1v) is 9.55. The first kappa shape index (κ1) is 17.2. The van der Waals surface area contributed by atoms with Crippen molar-refractivity contribution in [1.82, 2.24) is 15.3 Å². The molecule has 136 valence electrons. The third-order valence-corrected chi connectivity index (χ3v) is 5.25. The van der Waals surface area contributed by atoms with Crippen LogP contribution in [0.15, 0.2) is 30.5 Å². The van der Waals surface area contributed by atoms with Crippen LogP contribution in [0.4, 0.5) is 0 Å². The molecule has 1 saturated heterocycles. The Hall–Kier alpha value is -2.27. The summed E-state index contributed by atoms with van der Waals surface area (Å²) in [7, 11) is 0. The molecule has 26 heavy (non-hydrogen) atoms. The third-order valence-electron chi connectivity index (χ3n) is 5.25. The van der Waals surface area contributed by atoms with E-state index in [0.717, 1.165) is 43.0 Å². The minimum atomic E-state index is 0.0316. The summed E-state index contributed by atoms with van der Waals surface area (Å²) < 4.78 is 5.52. The van der Waals surface area contributed by atoms with Crippen molar-refractivity contribution in [2.45, 2.75) is 51.0 Å². The average Bonchev–Trinajstić information content (AvgIpc) is 3.15. The van der Waals surface area contributed by atoms with Gasteiger partial charge in [-0.3, -0.25) is 4.79 Å². The summed E-state index contributed by atoms with van der Waals surface area (Å²) in [4.78, 5) is 21.3. The molecule has 2 aromatic rings. The van der Waals surface area contributed by atoms with E-state index in [4.69, 9.17) is 4.74 Å². The van der Waals surface area contributed by atoms with Crippen LogP contribution in [0.3, 0.4) is 0 Å². The molecule has 1 aliphatic heterocycles. The van der Waals surface area contributed by atoms with E-state index in [9.17, 15) is 4.79 Å². The van der Waals surface area contributed by atoms with Crippen LogP contribution in [-0.2, 0) is 35.3 Å². The average molecular weight is 351 g/mol. The van der Waals surface area contributed by atoms with Gasteiger partial charge >= 0.3 is 0 Å². The van der Waals surface area contributed by atoms with Crippen molar-refractivity contribution in [2.24, 2.45) is 0 Å². The van der Waals surface area contributed by atoms with Crippen molar-refractivity contribution in [3.63, 3.8) is 0 Å². The Morgan fingerprint density at radius 2 is 2.12 bits per heavy atom. The molecule has 1 amide bonds. The van der Waals surface area contributed by atoms with E-state index in [0.29, 0.717) is 19.6 Å². The van der Waals surface area contributed by atoms with Gasteiger partial charge in [0.05, 0.1) is 25.3 Å². The first-order valence-electron chi connectivity index (χ1n) is 9.55. The normalized spacial score (nSPS) is 19.2. The van der Waals surface area contributed by atoms with Crippen molar-refractivity contribution in [1.29, 1.82) is 0 Å². The number of aromatic nitrogens is 2. The van der Waals surface area contributed by atoms with Crippen LogP contribution in [-0.4, -0.2) is 29.1 Å². The van der Waals surface area contributed by atoms with Gasteiger partial charge in [0.2, 0.25) is 5.91 Å². The molecule has 1 unspecified atom stereocenters. The largest absolute Gasteiger partial charge is 0.381 e. The first-order chi connectivity index (χ1) is 12.8. The number of ether oxygens (including phenoxy) is 1. The molecule has 1 aromatic carbocycles. The number of fused-ring (bicyclic) bond motifs is 1. The molecule has 1 aliphatic carbocycles. The summed E-state index contributed by atoms with van der Waals surface area (Å²) in [6.07, 6.45) is 7.85. The van der Waals surface area contributed by atoms with E-state index < -0.39 is 0 Å². The second-order valence-corrected chi connectivity index (χ2v) is 7.23. The molecule has 5 heteroatoms. The fourth-order valence-electron chi connectivity index (χ4n) is 3.82. The molecule has 1 atom stereocenters. The lowest BCUT2D eigenvalue weighted by Crippen LogP contribution is -2.25. The highest BCUT2D eigenvalue weighted by molar-refractivity contribution is 5.78. The molecule has 1 N–H and O–H groups in total. The molecule has 2 heterocycles. The highest BCUT2D eigenvalue weighted by Gasteiger charge is 2.19. The lowest BCUT2D eigenvalue weighted by molar-refractivity contribution is -0.120. The summed E-state index contributed by atoms with van der Waals surface area (Å²) in [5.41, 5.74) is 4.79. The van der Waals surface area contributed by atoms with E-state index >= 15 is 0 Å². The van der Waals surface area contributed by atoms with Gasteiger partial charge in [0.15, 0.2) is 0 Å². The number of carbonyl (C=O) groups excluding carboxylic acids is 1. The minimum absolute atomic E-state index is 0.0316. The van der Waals surface area contributed by atoms with Gasteiger partial charge in [0.1, 0.15) is 5.82 Å². The van der Waals surface area contributed by atoms with Crippen molar-refractivity contribution in [2.75, 3.05) is 13.2 Å². The van der Waals surface area contributed by atoms with Crippen molar-refractivity contribution < 1.29 is 9.53 Å². The fraction of sp³-hybridized carbons (Fsp3) is 0.476. The lowest BCUT2D eigenvalue weighted by atomic mass is 10.0. The molecule has 0 radical (unpaired) electrons. The molecule has 0 saturated carbocycles. The maximum Gasteiger partial charge on any atom is 0.224 e. The van der Waals surface area contributed by atoms with Gasteiger partial charge in [-0.1, -0.05) is 18.2 Å². The van der Waals surface area contributed by atoms with Gasteiger partial charge in [-0.15, -0.1) is 0 Å². The number of hydrogen-bond donors (Lipinski definition) is 1. The minimum Gasteiger partial charge on any atom is -0.381 e. The van der Waals surface area contributed by atoms with Crippen molar-refractivity contribution >= 4 is 5.91 Å². The van der Waals surface area contributed by atoms with Crippen LogP contribution in [0.25, 0.3) is 0 Å². The quantitative estimate of drug-likeness (QED) is 0.900. The van der Waals surface area contributed by atoms with E-state index in [1.54, 1.807) is 6.20 Å². The van der Waals surface area contributed by atoms with E-state index in [-0.39, 0.29) is 11.8 Å². The Kier molecular flexibility index (Phi) is 5.25. The molecule has 5 nitrogen and oxygen atoms in total. The molecular formula is C21H25N3O2. The Morgan fingerprint density at radius 1 is 1.19 bits per heavy atom. The summed E-state index contributed by atoms with van der Waals surface area (Å²) in [6.45, 7) is 1.95. The monoisotopic (exact) mass is 351 g/mol. The molecule has 1 aromatic heterocycles. The zero-order chi connectivity index (χ0) is 17.8. The summed E-state index contributed by atoms with van der Waals surface area (Å²) in [5.74, 6) is 1.13. The molecular weight excluding hydrogens is 326 g/mol. The van der Waals surface area contributed by atoms with Crippen molar-refractivity contribution in [3.05, 3.63) is 58.7 Å². The SMILES string of the molecule is O=C(Cc1ccc2c(c1)CCC2)NCc1ccnc(C2CCCOC2)n1. The number of rotatable bonds is 5. The number of aryl methyl sites for hydroxylation is 2. The topological polar surface area (TPSA) is 64.1 Å². The van der Waals surface area contributed by atoms with Crippen LogP contribution in [0.2, 0.25) is 0 Å². The van der Waals surface area contributed by atoms with Gasteiger partial charge in [-0.2, -0.15) is 0 Å². The molecule has 0 bridgehead atoms. The number of amides is 1. The van der Waals surface area contributed by atoms with Crippen LogP contribution in [0.5, 0.6) is 0 Å². The van der Waals surface area contributed by atoms with Gasteiger partial charge < -0.3 is 10.1 Å². The van der Waals surface area contributed by atoms with E-state index in [1.165, 1.54) is 24.0 Å². The number of nitrogens with zero attached hydrogens (tertiary/aromatic N) is 2.